The Bertz CT molecular complexity index is 426. The summed E-state index contributed by atoms with van der Waals surface area (Å²) in [5.41, 5.74) is 3.24. The van der Waals surface area contributed by atoms with Crippen LogP contribution in [0.2, 0.25) is 0 Å². The highest BCUT2D eigenvalue weighted by molar-refractivity contribution is 5.50. The molecule has 0 bridgehead atoms. The monoisotopic (exact) mass is 218 g/mol. The van der Waals surface area contributed by atoms with Crippen LogP contribution in [-0.4, -0.2) is 12.3 Å². The SMILES string of the molecule is COCc1ccccc1NCc1cnoc1. The van der Waals surface area contributed by atoms with Crippen LogP contribution in [0.25, 0.3) is 0 Å². The molecule has 1 heterocycles. The van der Waals surface area contributed by atoms with Gasteiger partial charge in [0.05, 0.1) is 12.8 Å². The first-order valence-electron chi connectivity index (χ1n) is 5.09. The molecule has 1 aromatic heterocycles. The molecule has 1 aromatic carbocycles. The van der Waals surface area contributed by atoms with Crippen LogP contribution >= 0.6 is 0 Å². The van der Waals surface area contributed by atoms with Gasteiger partial charge in [-0.1, -0.05) is 23.4 Å². The van der Waals surface area contributed by atoms with Crippen LogP contribution in [0.1, 0.15) is 11.1 Å². The van der Waals surface area contributed by atoms with Crippen LogP contribution in [0.4, 0.5) is 5.69 Å². The molecule has 4 nitrogen and oxygen atoms in total. The zero-order valence-electron chi connectivity index (χ0n) is 9.14. The highest BCUT2D eigenvalue weighted by Gasteiger charge is 2.01. The third-order valence-corrected chi connectivity index (χ3v) is 2.28. The fraction of sp³-hybridized carbons (Fsp3) is 0.250. The van der Waals surface area contributed by atoms with E-state index in [9.17, 15) is 0 Å². The average molecular weight is 218 g/mol. The predicted octanol–water partition coefficient (Wildman–Crippen LogP) is 2.43. The normalized spacial score (nSPS) is 10.3. The largest absolute Gasteiger partial charge is 0.380 e. The van der Waals surface area contributed by atoms with Crippen molar-refractivity contribution in [1.82, 2.24) is 5.16 Å². The van der Waals surface area contributed by atoms with Crippen LogP contribution in [0.15, 0.2) is 41.2 Å². The summed E-state index contributed by atoms with van der Waals surface area (Å²) in [6.45, 7) is 1.30. The van der Waals surface area contributed by atoms with Gasteiger partial charge in [0.1, 0.15) is 6.26 Å². The first kappa shape index (κ1) is 10.7. The van der Waals surface area contributed by atoms with Gasteiger partial charge in [0.15, 0.2) is 0 Å². The molecule has 1 N–H and O–H groups in total. The van der Waals surface area contributed by atoms with Gasteiger partial charge in [0, 0.05) is 30.5 Å². The number of hydrogen-bond donors (Lipinski definition) is 1. The van der Waals surface area contributed by atoms with Crippen molar-refractivity contribution in [1.29, 1.82) is 0 Å². The van der Waals surface area contributed by atoms with E-state index in [-0.39, 0.29) is 0 Å². The van der Waals surface area contributed by atoms with E-state index in [1.165, 1.54) is 0 Å². The molecule has 84 valence electrons. The number of para-hydroxylation sites is 1. The topological polar surface area (TPSA) is 47.3 Å². The van der Waals surface area contributed by atoms with Gasteiger partial charge < -0.3 is 14.6 Å². The zero-order valence-corrected chi connectivity index (χ0v) is 9.14. The minimum absolute atomic E-state index is 0.604. The molecule has 0 aliphatic heterocycles. The molecule has 0 aliphatic rings. The maximum atomic E-state index is 5.13. The van der Waals surface area contributed by atoms with Gasteiger partial charge in [-0.25, -0.2) is 0 Å². The van der Waals surface area contributed by atoms with E-state index in [4.69, 9.17) is 9.26 Å². The van der Waals surface area contributed by atoms with Crippen LogP contribution in [0, 0.1) is 0 Å². The van der Waals surface area contributed by atoms with Crippen LogP contribution in [-0.2, 0) is 17.9 Å². The molecular weight excluding hydrogens is 204 g/mol. The average Bonchev–Trinajstić information content (AvgIpc) is 2.81. The van der Waals surface area contributed by atoms with Crippen LogP contribution < -0.4 is 5.32 Å². The van der Waals surface area contributed by atoms with Gasteiger partial charge in [0.2, 0.25) is 0 Å². The molecule has 0 fully saturated rings. The van der Waals surface area contributed by atoms with E-state index < -0.39 is 0 Å². The summed E-state index contributed by atoms with van der Waals surface area (Å²) in [4.78, 5) is 0. The second-order valence-corrected chi connectivity index (χ2v) is 3.48. The molecule has 2 aromatic rings. The Morgan fingerprint density at radius 1 is 1.38 bits per heavy atom. The Balaban J connectivity index is 2.03. The van der Waals surface area contributed by atoms with Crippen molar-refractivity contribution in [3.63, 3.8) is 0 Å². The van der Waals surface area contributed by atoms with E-state index in [0.29, 0.717) is 13.2 Å². The number of benzene rings is 1. The molecule has 0 saturated carbocycles. The first-order valence-corrected chi connectivity index (χ1v) is 5.09. The summed E-state index contributed by atoms with van der Waals surface area (Å²) in [6.07, 6.45) is 3.33. The number of aromatic nitrogens is 1. The van der Waals surface area contributed by atoms with Crippen molar-refractivity contribution in [2.75, 3.05) is 12.4 Å². The van der Waals surface area contributed by atoms with Crippen LogP contribution in [0.5, 0.6) is 0 Å². The molecule has 0 radical (unpaired) electrons. The number of nitrogens with zero attached hydrogens (tertiary/aromatic N) is 1. The number of anilines is 1. The standard InChI is InChI=1S/C12H14N2O2/c1-15-9-11-4-2-3-5-12(11)13-6-10-7-14-16-8-10/h2-5,7-8,13H,6,9H2,1H3. The lowest BCUT2D eigenvalue weighted by atomic mass is 10.2. The van der Waals surface area contributed by atoms with Gasteiger partial charge >= 0.3 is 0 Å². The fourth-order valence-corrected chi connectivity index (χ4v) is 1.49. The van der Waals surface area contributed by atoms with E-state index in [2.05, 4.69) is 10.5 Å². The molecule has 4 heteroatoms. The summed E-state index contributed by atoms with van der Waals surface area (Å²) in [5, 5.41) is 6.97. The van der Waals surface area contributed by atoms with Gasteiger partial charge in [0.25, 0.3) is 0 Å². The number of methoxy groups -OCH3 is 1. The van der Waals surface area contributed by atoms with E-state index >= 15 is 0 Å². The molecule has 0 atom stereocenters. The van der Waals surface area contributed by atoms with Crippen molar-refractivity contribution in [3.05, 3.63) is 47.9 Å². The van der Waals surface area contributed by atoms with Crippen molar-refractivity contribution in [3.8, 4) is 0 Å². The molecular formula is C12H14N2O2. The minimum Gasteiger partial charge on any atom is -0.380 e. The van der Waals surface area contributed by atoms with Crippen molar-refractivity contribution in [2.24, 2.45) is 0 Å². The second kappa shape index (κ2) is 5.32. The molecule has 16 heavy (non-hydrogen) atoms. The number of nitrogens with one attached hydrogen (secondary N) is 1. The van der Waals surface area contributed by atoms with E-state index in [0.717, 1.165) is 16.8 Å². The number of hydrogen-bond acceptors (Lipinski definition) is 4. The molecule has 0 amide bonds. The lowest BCUT2D eigenvalue weighted by molar-refractivity contribution is 0.185. The number of rotatable bonds is 5. The lowest BCUT2D eigenvalue weighted by Crippen LogP contribution is -2.02. The third-order valence-electron chi connectivity index (χ3n) is 2.28. The summed E-state index contributed by atoms with van der Waals surface area (Å²) >= 11 is 0. The maximum absolute atomic E-state index is 5.13. The Hall–Kier alpha value is -1.81. The van der Waals surface area contributed by atoms with E-state index in [1.54, 1.807) is 19.6 Å². The summed E-state index contributed by atoms with van der Waals surface area (Å²) in [7, 11) is 1.69. The van der Waals surface area contributed by atoms with Gasteiger partial charge in [-0.3, -0.25) is 0 Å². The predicted molar refractivity (Wildman–Crippen MR) is 61.0 cm³/mol. The third kappa shape index (κ3) is 2.61. The Kier molecular flexibility index (Phi) is 3.56. The lowest BCUT2D eigenvalue weighted by Gasteiger charge is -2.10. The quantitative estimate of drug-likeness (QED) is 0.837. The second-order valence-electron chi connectivity index (χ2n) is 3.48. The summed E-state index contributed by atoms with van der Waals surface area (Å²) < 4.78 is 9.90. The Morgan fingerprint density at radius 2 is 2.25 bits per heavy atom. The first-order chi connectivity index (χ1) is 7.90. The Morgan fingerprint density at radius 3 is 3.00 bits per heavy atom. The molecule has 0 saturated heterocycles. The zero-order chi connectivity index (χ0) is 11.2. The highest BCUT2D eigenvalue weighted by atomic mass is 16.5. The van der Waals surface area contributed by atoms with E-state index in [1.807, 2.05) is 24.3 Å². The van der Waals surface area contributed by atoms with Crippen molar-refractivity contribution in [2.45, 2.75) is 13.2 Å². The van der Waals surface area contributed by atoms with Crippen molar-refractivity contribution >= 4 is 5.69 Å². The number of ether oxygens (including phenoxy) is 1. The fourth-order valence-electron chi connectivity index (χ4n) is 1.49. The Labute approximate surface area is 94.2 Å². The molecule has 0 spiro atoms. The summed E-state index contributed by atoms with van der Waals surface area (Å²) in [6, 6.07) is 8.06. The summed E-state index contributed by atoms with van der Waals surface area (Å²) in [5.74, 6) is 0. The molecule has 2 rings (SSSR count). The molecule has 0 unspecified atom stereocenters. The van der Waals surface area contributed by atoms with Crippen molar-refractivity contribution < 1.29 is 9.26 Å². The van der Waals surface area contributed by atoms with Gasteiger partial charge in [-0.15, -0.1) is 0 Å². The minimum atomic E-state index is 0.604. The molecule has 0 aliphatic carbocycles. The smallest absolute Gasteiger partial charge is 0.128 e. The maximum Gasteiger partial charge on any atom is 0.128 e. The van der Waals surface area contributed by atoms with Crippen LogP contribution in [0.3, 0.4) is 0 Å². The van der Waals surface area contributed by atoms with Gasteiger partial charge in [-0.05, 0) is 6.07 Å². The van der Waals surface area contributed by atoms with Gasteiger partial charge in [-0.2, -0.15) is 0 Å². The highest BCUT2D eigenvalue weighted by Crippen LogP contribution is 2.16.